The van der Waals surface area contributed by atoms with Crippen LogP contribution in [0.3, 0.4) is 0 Å². The Morgan fingerprint density at radius 1 is 1.24 bits per heavy atom. The van der Waals surface area contributed by atoms with E-state index in [1.54, 1.807) is 32.9 Å². The number of halogens is 2. The summed E-state index contributed by atoms with van der Waals surface area (Å²) in [6.45, 7) is 2.26. The van der Waals surface area contributed by atoms with E-state index in [-0.39, 0.29) is 22.3 Å². The minimum absolute atomic E-state index is 0.0126. The van der Waals surface area contributed by atoms with E-state index in [1.165, 1.54) is 24.4 Å². The summed E-state index contributed by atoms with van der Waals surface area (Å²) in [5, 5.41) is 10.5. The van der Waals surface area contributed by atoms with E-state index in [0.717, 1.165) is 24.8 Å². The van der Waals surface area contributed by atoms with Gasteiger partial charge in [-0.25, -0.2) is 13.1 Å². The highest BCUT2D eigenvalue weighted by Crippen LogP contribution is 2.43. The lowest BCUT2D eigenvalue weighted by Gasteiger charge is -2.30. The molecule has 7 nitrogen and oxygen atoms in total. The van der Waals surface area contributed by atoms with Crippen molar-refractivity contribution in [2.45, 2.75) is 63.1 Å². The summed E-state index contributed by atoms with van der Waals surface area (Å²) in [5.41, 5.74) is 1.33. The Morgan fingerprint density at radius 2 is 1.97 bits per heavy atom. The van der Waals surface area contributed by atoms with Crippen LogP contribution in [-0.4, -0.2) is 30.1 Å². The summed E-state index contributed by atoms with van der Waals surface area (Å²) in [4.78, 5) is 4.39. The standard InChI is InChI=1S/C23H24F2N4O3S/c1-23(2,3)28-33(30,31)16-8-9-19(27-13-16)21-18(12-26)17-11-15(32-22(24)25)7-10-20(17)29(21)14-5-4-6-14/h7-11,13-14,22,28H,4-6H2,1-3H3. The quantitative estimate of drug-likeness (QED) is 0.544. The Labute approximate surface area is 191 Å². The molecule has 1 N–H and O–H groups in total. The molecule has 0 radical (unpaired) electrons. The number of benzene rings is 1. The Kier molecular flexibility index (Phi) is 5.88. The maximum absolute atomic E-state index is 12.7. The van der Waals surface area contributed by atoms with Crippen molar-refractivity contribution < 1.29 is 21.9 Å². The van der Waals surface area contributed by atoms with Crippen LogP contribution < -0.4 is 9.46 Å². The molecular formula is C23H24F2N4O3S. The molecule has 0 saturated heterocycles. The van der Waals surface area contributed by atoms with Crippen LogP contribution in [-0.2, 0) is 10.0 Å². The predicted molar refractivity (Wildman–Crippen MR) is 119 cm³/mol. The minimum atomic E-state index is -3.77. The molecule has 0 unspecified atom stereocenters. The maximum atomic E-state index is 12.7. The molecule has 33 heavy (non-hydrogen) atoms. The zero-order valence-corrected chi connectivity index (χ0v) is 19.3. The smallest absolute Gasteiger partial charge is 0.387 e. The van der Waals surface area contributed by atoms with Gasteiger partial charge < -0.3 is 9.30 Å². The van der Waals surface area contributed by atoms with E-state index in [0.29, 0.717) is 16.8 Å². The molecule has 3 aromatic rings. The molecule has 0 atom stereocenters. The topological polar surface area (TPSA) is 97.0 Å². The van der Waals surface area contributed by atoms with Crippen molar-refractivity contribution in [2.75, 3.05) is 0 Å². The second-order valence-corrected chi connectivity index (χ2v) is 10.8. The Morgan fingerprint density at radius 3 is 2.48 bits per heavy atom. The highest BCUT2D eigenvalue weighted by molar-refractivity contribution is 7.89. The van der Waals surface area contributed by atoms with E-state index in [9.17, 15) is 22.5 Å². The molecule has 174 valence electrons. The van der Waals surface area contributed by atoms with Gasteiger partial charge in [-0.05, 0) is 70.4 Å². The summed E-state index contributed by atoms with van der Waals surface area (Å²) in [5.74, 6) is -0.0334. The van der Waals surface area contributed by atoms with Crippen LogP contribution in [0.25, 0.3) is 22.3 Å². The highest BCUT2D eigenvalue weighted by Gasteiger charge is 2.29. The number of fused-ring (bicyclic) bond motifs is 1. The molecule has 1 fully saturated rings. The average molecular weight is 475 g/mol. The number of nitrogens with one attached hydrogen (secondary N) is 1. The van der Waals surface area contributed by atoms with Gasteiger partial charge in [-0.2, -0.15) is 14.0 Å². The summed E-state index contributed by atoms with van der Waals surface area (Å²) in [6, 6.07) is 9.90. The van der Waals surface area contributed by atoms with Crippen molar-refractivity contribution in [3.63, 3.8) is 0 Å². The highest BCUT2D eigenvalue weighted by atomic mass is 32.2. The van der Waals surface area contributed by atoms with Crippen LogP contribution >= 0.6 is 0 Å². The lowest BCUT2D eigenvalue weighted by molar-refractivity contribution is -0.0497. The van der Waals surface area contributed by atoms with Gasteiger partial charge in [0.2, 0.25) is 10.0 Å². The van der Waals surface area contributed by atoms with E-state index in [4.69, 9.17) is 0 Å². The van der Waals surface area contributed by atoms with Crippen molar-refractivity contribution in [2.24, 2.45) is 0 Å². The number of rotatable bonds is 6. The molecule has 1 aromatic carbocycles. The molecule has 4 rings (SSSR count). The number of pyridine rings is 1. The van der Waals surface area contributed by atoms with Crippen LogP contribution in [0.1, 0.15) is 51.6 Å². The average Bonchev–Trinajstić information content (AvgIpc) is 2.98. The first-order valence-electron chi connectivity index (χ1n) is 10.5. The number of hydrogen-bond donors (Lipinski definition) is 1. The molecule has 0 spiro atoms. The minimum Gasteiger partial charge on any atom is -0.435 e. The maximum Gasteiger partial charge on any atom is 0.387 e. The van der Waals surface area contributed by atoms with Gasteiger partial charge in [0, 0.05) is 23.2 Å². The zero-order chi connectivity index (χ0) is 24.0. The van der Waals surface area contributed by atoms with Crippen LogP contribution in [0.15, 0.2) is 41.4 Å². The van der Waals surface area contributed by atoms with Gasteiger partial charge in [0.25, 0.3) is 0 Å². The normalized spacial score (nSPS) is 14.9. The summed E-state index contributed by atoms with van der Waals surface area (Å²) < 4.78 is 59.8. The number of nitriles is 1. The van der Waals surface area contributed by atoms with Gasteiger partial charge in [-0.1, -0.05) is 0 Å². The fourth-order valence-corrected chi connectivity index (χ4v) is 5.36. The third kappa shape index (κ3) is 4.56. The molecule has 1 aliphatic rings. The molecule has 0 amide bonds. The molecular weight excluding hydrogens is 450 g/mol. The number of sulfonamides is 1. The van der Waals surface area contributed by atoms with E-state index < -0.39 is 22.2 Å². The van der Waals surface area contributed by atoms with Gasteiger partial charge in [-0.15, -0.1) is 0 Å². The van der Waals surface area contributed by atoms with Gasteiger partial charge >= 0.3 is 6.61 Å². The van der Waals surface area contributed by atoms with E-state index in [2.05, 4.69) is 20.5 Å². The van der Waals surface area contributed by atoms with Crippen LogP contribution in [0, 0.1) is 11.3 Å². The monoisotopic (exact) mass is 474 g/mol. The van der Waals surface area contributed by atoms with E-state index >= 15 is 0 Å². The van der Waals surface area contributed by atoms with Gasteiger partial charge in [-0.3, -0.25) is 4.98 Å². The molecule has 10 heteroatoms. The fraction of sp³-hybridized carbons (Fsp3) is 0.391. The third-order valence-electron chi connectivity index (χ3n) is 5.48. The van der Waals surface area contributed by atoms with Crippen molar-refractivity contribution in [3.05, 3.63) is 42.1 Å². The fourth-order valence-electron chi connectivity index (χ4n) is 4.00. The molecule has 0 bridgehead atoms. The van der Waals surface area contributed by atoms with Gasteiger partial charge in [0.05, 0.1) is 22.5 Å². The lowest BCUT2D eigenvalue weighted by Crippen LogP contribution is -2.40. The van der Waals surface area contributed by atoms with E-state index in [1.807, 2.05) is 4.57 Å². The number of alkyl halides is 2. The molecule has 1 saturated carbocycles. The van der Waals surface area contributed by atoms with Crippen LogP contribution in [0.2, 0.25) is 0 Å². The number of ether oxygens (including phenoxy) is 1. The second kappa shape index (κ2) is 8.39. The molecule has 2 aromatic heterocycles. The number of aromatic nitrogens is 2. The van der Waals surface area contributed by atoms with Crippen molar-refractivity contribution >= 4 is 20.9 Å². The zero-order valence-electron chi connectivity index (χ0n) is 18.5. The second-order valence-electron chi connectivity index (χ2n) is 9.08. The Bertz CT molecular complexity index is 1330. The predicted octanol–water partition coefficient (Wildman–Crippen LogP) is 4.98. The molecule has 1 aliphatic carbocycles. The first-order valence-corrected chi connectivity index (χ1v) is 12.0. The summed E-state index contributed by atoms with van der Waals surface area (Å²) in [6.07, 6.45) is 4.14. The number of nitrogens with zero attached hydrogens (tertiary/aromatic N) is 3. The largest absolute Gasteiger partial charge is 0.435 e. The number of hydrogen-bond acceptors (Lipinski definition) is 5. The molecule has 0 aliphatic heterocycles. The Hall–Kier alpha value is -3.03. The van der Waals surface area contributed by atoms with Crippen LogP contribution in [0.5, 0.6) is 5.75 Å². The summed E-state index contributed by atoms with van der Waals surface area (Å²) >= 11 is 0. The first kappa shape index (κ1) is 23.1. The van der Waals surface area contributed by atoms with Gasteiger partial charge in [0.15, 0.2) is 0 Å². The lowest BCUT2D eigenvalue weighted by atomic mass is 9.92. The van der Waals surface area contributed by atoms with Crippen molar-refractivity contribution in [1.29, 1.82) is 5.26 Å². The van der Waals surface area contributed by atoms with Crippen molar-refractivity contribution in [3.8, 4) is 23.2 Å². The Balaban J connectivity index is 1.85. The summed E-state index contributed by atoms with van der Waals surface area (Å²) in [7, 11) is -3.77. The first-order chi connectivity index (χ1) is 15.5. The van der Waals surface area contributed by atoms with Gasteiger partial charge in [0.1, 0.15) is 16.7 Å². The van der Waals surface area contributed by atoms with Crippen LogP contribution in [0.4, 0.5) is 8.78 Å². The molecule has 2 heterocycles. The van der Waals surface area contributed by atoms with Crippen molar-refractivity contribution in [1.82, 2.24) is 14.3 Å². The third-order valence-corrected chi connectivity index (χ3v) is 7.22. The SMILES string of the molecule is CC(C)(C)NS(=O)(=O)c1ccc(-c2c(C#N)c3cc(OC(F)F)ccc3n2C2CCC2)nc1.